The number of tetrazole rings is 1. The predicted molar refractivity (Wildman–Crippen MR) is 119 cm³/mol. The number of hydrogen-bond donors (Lipinski definition) is 0. The van der Waals surface area contributed by atoms with Gasteiger partial charge in [0.25, 0.3) is 0 Å². The lowest BCUT2D eigenvalue weighted by Gasteiger charge is -2.30. The molecule has 0 saturated carbocycles. The maximum atomic E-state index is 13.1. The first kappa shape index (κ1) is 21.6. The van der Waals surface area contributed by atoms with Crippen LogP contribution < -0.4 is 0 Å². The van der Waals surface area contributed by atoms with Crippen molar-refractivity contribution in [2.24, 2.45) is 0 Å². The zero-order valence-corrected chi connectivity index (χ0v) is 18.9. The summed E-state index contributed by atoms with van der Waals surface area (Å²) in [5, 5.41) is 12.3. The van der Waals surface area contributed by atoms with E-state index in [1.54, 1.807) is 24.3 Å². The average Bonchev–Trinajstić information content (AvgIpc) is 3.01. The molecule has 1 saturated heterocycles. The van der Waals surface area contributed by atoms with E-state index in [1.807, 2.05) is 6.92 Å². The fourth-order valence-electron chi connectivity index (χ4n) is 4.11. The molecule has 31 heavy (non-hydrogen) atoms. The summed E-state index contributed by atoms with van der Waals surface area (Å²) in [5.41, 5.74) is 3.28. The van der Waals surface area contributed by atoms with Gasteiger partial charge in [-0.2, -0.15) is 0 Å². The number of benzene rings is 2. The van der Waals surface area contributed by atoms with Crippen LogP contribution in [-0.4, -0.2) is 46.6 Å². The van der Waals surface area contributed by atoms with Crippen LogP contribution in [0.5, 0.6) is 0 Å². The summed E-state index contributed by atoms with van der Waals surface area (Å²) >= 11 is 0. The van der Waals surface area contributed by atoms with E-state index in [2.05, 4.69) is 51.6 Å². The molecule has 1 aliphatic heterocycles. The number of nitrogens with zero attached hydrogens (tertiary/aromatic N) is 5. The third kappa shape index (κ3) is 5.02. The smallest absolute Gasteiger partial charge is 0.198 e. The summed E-state index contributed by atoms with van der Waals surface area (Å²) in [6.45, 7) is 5.87. The van der Waals surface area contributed by atoms with Crippen LogP contribution in [0.4, 0.5) is 0 Å². The van der Waals surface area contributed by atoms with Gasteiger partial charge in [-0.3, -0.25) is 4.90 Å². The van der Waals surface area contributed by atoms with Crippen molar-refractivity contribution >= 4 is 9.84 Å². The summed E-state index contributed by atoms with van der Waals surface area (Å²) in [6, 6.07) is 15.1. The van der Waals surface area contributed by atoms with Crippen molar-refractivity contribution in [2.45, 2.75) is 56.3 Å². The molecule has 0 radical (unpaired) electrons. The number of aryl methyl sites for hydroxylation is 2. The summed E-state index contributed by atoms with van der Waals surface area (Å²) in [7, 11) is -3.58. The summed E-state index contributed by atoms with van der Waals surface area (Å²) in [5.74, 6) is 0.288. The third-order valence-corrected chi connectivity index (χ3v) is 7.45. The van der Waals surface area contributed by atoms with Crippen molar-refractivity contribution in [3.05, 3.63) is 71.0 Å². The maximum absolute atomic E-state index is 13.1. The van der Waals surface area contributed by atoms with Crippen LogP contribution in [0, 0.1) is 13.8 Å². The van der Waals surface area contributed by atoms with Crippen molar-refractivity contribution < 1.29 is 8.42 Å². The largest absolute Gasteiger partial charge is 0.290 e. The number of likely N-dealkylation sites (tertiary alicyclic amines) is 1. The molecule has 1 fully saturated rings. The molecule has 0 aliphatic carbocycles. The second-order valence-electron chi connectivity index (χ2n) is 8.36. The first-order chi connectivity index (χ1) is 14.9. The van der Waals surface area contributed by atoms with Crippen LogP contribution in [0.15, 0.2) is 53.4 Å². The molecule has 0 N–H and O–H groups in total. The van der Waals surface area contributed by atoms with Crippen molar-refractivity contribution in [3.8, 4) is 0 Å². The van der Waals surface area contributed by atoms with E-state index in [0.717, 1.165) is 37.1 Å². The molecule has 8 heteroatoms. The van der Waals surface area contributed by atoms with Gasteiger partial charge in [-0.15, -0.1) is 5.10 Å². The highest BCUT2D eigenvalue weighted by atomic mass is 32.2. The van der Waals surface area contributed by atoms with Crippen LogP contribution in [-0.2, 0) is 15.7 Å². The molecular weight excluding hydrogens is 410 g/mol. The molecule has 1 aliphatic rings. The minimum absolute atomic E-state index is 0.179. The van der Waals surface area contributed by atoms with Gasteiger partial charge in [0, 0.05) is 0 Å². The first-order valence-corrected chi connectivity index (χ1v) is 12.5. The topological polar surface area (TPSA) is 81.0 Å². The number of hydrogen-bond acceptors (Lipinski definition) is 6. The Hall–Kier alpha value is -2.58. The zero-order chi connectivity index (χ0) is 21.8. The molecular formula is C23H29N5O2S. The maximum Gasteiger partial charge on any atom is 0.198 e. The predicted octanol–water partition coefficient (Wildman–Crippen LogP) is 3.69. The van der Waals surface area contributed by atoms with Crippen molar-refractivity contribution in [1.29, 1.82) is 0 Å². The van der Waals surface area contributed by atoms with Crippen molar-refractivity contribution in [2.75, 3.05) is 13.1 Å². The normalized spacial score (nSPS) is 16.7. The van der Waals surface area contributed by atoms with Gasteiger partial charge in [0.15, 0.2) is 21.5 Å². The molecule has 7 nitrogen and oxygen atoms in total. The molecule has 4 rings (SSSR count). The molecule has 0 spiro atoms. The highest BCUT2D eigenvalue weighted by molar-refractivity contribution is 7.90. The monoisotopic (exact) mass is 439 g/mol. The van der Waals surface area contributed by atoms with Crippen LogP contribution in [0.25, 0.3) is 0 Å². The fraction of sp³-hybridized carbons (Fsp3) is 0.435. The minimum atomic E-state index is -3.58. The first-order valence-electron chi connectivity index (χ1n) is 10.8. The van der Waals surface area contributed by atoms with Gasteiger partial charge in [0.1, 0.15) is 0 Å². The van der Waals surface area contributed by atoms with E-state index in [0.29, 0.717) is 5.82 Å². The second-order valence-corrected chi connectivity index (χ2v) is 10.3. The number of sulfone groups is 1. The molecule has 1 atom stereocenters. The third-order valence-electron chi connectivity index (χ3n) is 5.88. The van der Waals surface area contributed by atoms with Gasteiger partial charge < -0.3 is 0 Å². The lowest BCUT2D eigenvalue weighted by atomic mass is 10.0. The van der Waals surface area contributed by atoms with Gasteiger partial charge in [0.05, 0.1) is 10.9 Å². The minimum Gasteiger partial charge on any atom is -0.290 e. The Morgan fingerprint density at radius 3 is 2.06 bits per heavy atom. The van der Waals surface area contributed by atoms with Gasteiger partial charge in [0.2, 0.25) is 0 Å². The molecule has 1 unspecified atom stereocenters. The Kier molecular flexibility index (Phi) is 6.48. The lowest BCUT2D eigenvalue weighted by molar-refractivity contribution is 0.222. The van der Waals surface area contributed by atoms with Crippen LogP contribution in [0.3, 0.4) is 0 Å². The summed E-state index contributed by atoms with van der Waals surface area (Å²) < 4.78 is 27.6. The zero-order valence-electron chi connectivity index (χ0n) is 18.1. The Morgan fingerprint density at radius 1 is 0.871 bits per heavy atom. The lowest BCUT2D eigenvalue weighted by Crippen LogP contribution is -2.33. The Bertz CT molecular complexity index is 1100. The van der Waals surface area contributed by atoms with Crippen molar-refractivity contribution in [1.82, 2.24) is 25.1 Å². The fourth-order valence-corrected chi connectivity index (χ4v) is 5.31. The average molecular weight is 440 g/mol. The molecule has 1 aromatic heterocycles. The molecule has 3 aromatic rings. The Morgan fingerprint density at radius 2 is 1.45 bits per heavy atom. The molecule has 0 amide bonds. The molecule has 0 bridgehead atoms. The van der Waals surface area contributed by atoms with Crippen LogP contribution in [0.1, 0.15) is 54.2 Å². The van der Waals surface area contributed by atoms with E-state index in [1.165, 1.54) is 23.1 Å². The number of rotatable bonds is 6. The van der Waals surface area contributed by atoms with Gasteiger partial charge in [-0.05, 0) is 67.9 Å². The van der Waals surface area contributed by atoms with E-state index < -0.39 is 9.84 Å². The summed E-state index contributed by atoms with van der Waals surface area (Å²) in [6.07, 6.45) is 4.66. The summed E-state index contributed by atoms with van der Waals surface area (Å²) in [4.78, 5) is 2.67. The molecule has 164 valence electrons. The van der Waals surface area contributed by atoms with E-state index in [9.17, 15) is 8.42 Å². The van der Waals surface area contributed by atoms with E-state index >= 15 is 0 Å². The van der Waals surface area contributed by atoms with E-state index in [-0.39, 0.29) is 16.8 Å². The highest BCUT2D eigenvalue weighted by Gasteiger charge is 2.30. The van der Waals surface area contributed by atoms with Crippen LogP contribution >= 0.6 is 0 Å². The standard InChI is InChI=1S/C23H29N5O2S/c1-18-7-11-20(12-8-18)22(27-15-5-3-4-6-16-27)23-24-25-26-28(23)17-31(29,30)21-13-9-19(2)10-14-21/h7-14,22H,3-6,15-17H2,1-2H3. The van der Waals surface area contributed by atoms with Gasteiger partial charge in [-0.1, -0.05) is 60.4 Å². The van der Waals surface area contributed by atoms with Gasteiger partial charge >= 0.3 is 0 Å². The highest BCUT2D eigenvalue weighted by Crippen LogP contribution is 2.30. The Labute approximate surface area is 184 Å². The second kappa shape index (κ2) is 9.28. The van der Waals surface area contributed by atoms with Gasteiger partial charge in [-0.25, -0.2) is 13.1 Å². The molecule has 2 aromatic carbocycles. The van der Waals surface area contributed by atoms with Crippen molar-refractivity contribution in [3.63, 3.8) is 0 Å². The Balaban J connectivity index is 1.70. The SMILES string of the molecule is Cc1ccc(C(c2nnnn2CS(=O)(=O)c2ccc(C)cc2)N2CCCCCC2)cc1. The molecule has 2 heterocycles. The number of aromatic nitrogens is 4. The quantitative estimate of drug-likeness (QED) is 0.583. The van der Waals surface area contributed by atoms with Crippen LogP contribution in [0.2, 0.25) is 0 Å². The van der Waals surface area contributed by atoms with E-state index in [4.69, 9.17) is 0 Å².